The van der Waals surface area contributed by atoms with Crippen LogP contribution in [0.5, 0.6) is 5.75 Å². The third-order valence-corrected chi connectivity index (χ3v) is 7.84. The van der Waals surface area contributed by atoms with E-state index >= 15 is 0 Å². The number of aryl methyl sites for hydroxylation is 2. The fraction of sp³-hybridized carbons (Fsp3) is 0.455. The maximum Gasteiger partial charge on any atom is 0.243 e. The second-order valence-electron chi connectivity index (χ2n) is 7.64. The van der Waals surface area contributed by atoms with Crippen molar-refractivity contribution in [1.82, 2.24) is 9.21 Å². The first kappa shape index (κ1) is 20.8. The van der Waals surface area contributed by atoms with Gasteiger partial charge in [-0.1, -0.05) is 29.8 Å². The van der Waals surface area contributed by atoms with E-state index in [0.717, 1.165) is 42.1 Å². The predicted octanol–water partition coefficient (Wildman–Crippen LogP) is 3.44. The van der Waals surface area contributed by atoms with E-state index in [1.807, 2.05) is 26.8 Å². The van der Waals surface area contributed by atoms with Crippen LogP contribution >= 0.6 is 0 Å². The first-order valence-electron chi connectivity index (χ1n) is 9.67. The summed E-state index contributed by atoms with van der Waals surface area (Å²) in [7, 11) is -1.91. The number of ether oxygens (including phenoxy) is 1. The van der Waals surface area contributed by atoms with Crippen LogP contribution in [-0.2, 0) is 16.6 Å². The zero-order chi connectivity index (χ0) is 20.5. The molecule has 0 atom stereocenters. The zero-order valence-corrected chi connectivity index (χ0v) is 18.3. The Hall–Kier alpha value is -1.89. The largest absolute Gasteiger partial charge is 0.496 e. The van der Waals surface area contributed by atoms with Gasteiger partial charge in [0.1, 0.15) is 5.75 Å². The summed E-state index contributed by atoms with van der Waals surface area (Å²) in [5.74, 6) is 0.733. The lowest BCUT2D eigenvalue weighted by molar-refractivity contribution is 0.181. The SMILES string of the molecule is COc1cc(C)c(S(=O)(=O)N2CCN(Cc3ccc(C)cc3)CC2)c(C)c1C. The molecule has 0 saturated carbocycles. The molecule has 1 aliphatic rings. The van der Waals surface area contributed by atoms with Crippen LogP contribution in [-0.4, -0.2) is 50.9 Å². The minimum atomic E-state index is -3.52. The highest BCUT2D eigenvalue weighted by Gasteiger charge is 2.31. The summed E-state index contributed by atoms with van der Waals surface area (Å²) in [4.78, 5) is 2.74. The lowest BCUT2D eigenvalue weighted by Crippen LogP contribution is -2.48. The molecule has 1 aliphatic heterocycles. The van der Waals surface area contributed by atoms with Crippen LogP contribution < -0.4 is 4.74 Å². The van der Waals surface area contributed by atoms with Crippen molar-refractivity contribution in [1.29, 1.82) is 0 Å². The summed E-state index contributed by atoms with van der Waals surface area (Å²) >= 11 is 0. The second-order valence-corrected chi connectivity index (χ2v) is 9.52. The molecule has 2 aromatic carbocycles. The van der Waals surface area contributed by atoms with Gasteiger partial charge in [0.2, 0.25) is 10.0 Å². The van der Waals surface area contributed by atoms with Crippen molar-refractivity contribution in [2.45, 2.75) is 39.1 Å². The van der Waals surface area contributed by atoms with Crippen LogP contribution in [0.25, 0.3) is 0 Å². The fourth-order valence-electron chi connectivity index (χ4n) is 3.84. The van der Waals surface area contributed by atoms with E-state index in [4.69, 9.17) is 4.74 Å². The maximum absolute atomic E-state index is 13.3. The van der Waals surface area contributed by atoms with Gasteiger partial charge in [-0.2, -0.15) is 4.31 Å². The smallest absolute Gasteiger partial charge is 0.243 e. The Morgan fingerprint density at radius 3 is 2.11 bits per heavy atom. The Balaban J connectivity index is 1.75. The molecule has 6 heteroatoms. The fourth-order valence-corrected chi connectivity index (χ4v) is 5.75. The van der Waals surface area contributed by atoms with Crippen LogP contribution in [0.4, 0.5) is 0 Å². The van der Waals surface area contributed by atoms with E-state index < -0.39 is 10.0 Å². The molecule has 1 heterocycles. The van der Waals surface area contributed by atoms with Crippen molar-refractivity contribution in [3.8, 4) is 5.75 Å². The number of rotatable bonds is 5. The quantitative estimate of drug-likeness (QED) is 0.769. The molecule has 28 heavy (non-hydrogen) atoms. The Bertz CT molecular complexity index is 945. The van der Waals surface area contributed by atoms with Gasteiger partial charge in [0, 0.05) is 32.7 Å². The van der Waals surface area contributed by atoms with Crippen molar-refractivity contribution in [2.24, 2.45) is 0 Å². The minimum Gasteiger partial charge on any atom is -0.496 e. The van der Waals surface area contributed by atoms with E-state index in [0.29, 0.717) is 18.0 Å². The summed E-state index contributed by atoms with van der Waals surface area (Å²) in [6, 6.07) is 10.3. The average Bonchev–Trinajstić information content (AvgIpc) is 2.67. The van der Waals surface area contributed by atoms with Crippen molar-refractivity contribution in [2.75, 3.05) is 33.3 Å². The first-order valence-corrected chi connectivity index (χ1v) is 11.1. The number of methoxy groups -OCH3 is 1. The Morgan fingerprint density at radius 2 is 1.54 bits per heavy atom. The summed E-state index contributed by atoms with van der Waals surface area (Å²) in [6.45, 7) is 11.1. The number of hydrogen-bond donors (Lipinski definition) is 0. The van der Waals surface area contributed by atoms with Gasteiger partial charge in [-0.3, -0.25) is 4.90 Å². The topological polar surface area (TPSA) is 49.9 Å². The summed E-state index contributed by atoms with van der Waals surface area (Å²) in [5.41, 5.74) is 4.91. The van der Waals surface area contributed by atoms with Gasteiger partial charge in [-0.05, 0) is 56.0 Å². The highest BCUT2D eigenvalue weighted by atomic mass is 32.2. The third kappa shape index (κ3) is 4.09. The van der Waals surface area contributed by atoms with Gasteiger partial charge in [0.25, 0.3) is 0 Å². The lowest BCUT2D eigenvalue weighted by atomic mass is 10.1. The molecular weight excluding hydrogens is 372 g/mol. The Morgan fingerprint density at radius 1 is 0.929 bits per heavy atom. The van der Waals surface area contributed by atoms with Gasteiger partial charge in [0.15, 0.2) is 0 Å². The third-order valence-electron chi connectivity index (χ3n) is 5.65. The number of sulfonamides is 1. The monoisotopic (exact) mass is 402 g/mol. The Labute approximate surface area is 169 Å². The number of piperazine rings is 1. The molecular formula is C22H30N2O3S. The normalized spacial score (nSPS) is 16.3. The molecule has 0 aromatic heterocycles. The number of nitrogens with zero attached hydrogens (tertiary/aromatic N) is 2. The van der Waals surface area contributed by atoms with Crippen molar-refractivity contribution >= 4 is 10.0 Å². The number of benzene rings is 2. The second kappa shape index (κ2) is 8.23. The van der Waals surface area contributed by atoms with Crippen LogP contribution in [0.2, 0.25) is 0 Å². The Kier molecular flexibility index (Phi) is 6.12. The van der Waals surface area contributed by atoms with E-state index in [1.54, 1.807) is 11.4 Å². The predicted molar refractivity (Wildman–Crippen MR) is 112 cm³/mol. The van der Waals surface area contributed by atoms with Crippen molar-refractivity contribution in [3.63, 3.8) is 0 Å². The molecule has 0 radical (unpaired) electrons. The molecule has 0 bridgehead atoms. The summed E-state index contributed by atoms with van der Waals surface area (Å²) in [6.07, 6.45) is 0. The molecule has 0 unspecified atom stereocenters. The van der Waals surface area contributed by atoms with E-state index in [9.17, 15) is 8.42 Å². The van der Waals surface area contributed by atoms with E-state index in [-0.39, 0.29) is 0 Å². The molecule has 0 N–H and O–H groups in total. The highest BCUT2D eigenvalue weighted by Crippen LogP contribution is 2.32. The maximum atomic E-state index is 13.3. The van der Waals surface area contributed by atoms with Gasteiger partial charge >= 0.3 is 0 Å². The molecule has 0 aliphatic carbocycles. The van der Waals surface area contributed by atoms with Crippen LogP contribution in [0, 0.1) is 27.7 Å². The van der Waals surface area contributed by atoms with Crippen LogP contribution in [0.3, 0.4) is 0 Å². The zero-order valence-electron chi connectivity index (χ0n) is 17.4. The van der Waals surface area contributed by atoms with Crippen LogP contribution in [0.1, 0.15) is 27.8 Å². The van der Waals surface area contributed by atoms with Gasteiger partial charge < -0.3 is 4.74 Å². The molecule has 3 rings (SSSR count). The average molecular weight is 403 g/mol. The van der Waals surface area contributed by atoms with Gasteiger partial charge in [-0.15, -0.1) is 0 Å². The molecule has 0 amide bonds. The van der Waals surface area contributed by atoms with E-state index in [2.05, 4.69) is 36.1 Å². The van der Waals surface area contributed by atoms with E-state index in [1.165, 1.54) is 11.1 Å². The van der Waals surface area contributed by atoms with Gasteiger partial charge in [0.05, 0.1) is 12.0 Å². The molecule has 2 aromatic rings. The minimum absolute atomic E-state index is 0.429. The first-order chi connectivity index (χ1) is 13.2. The van der Waals surface area contributed by atoms with Crippen molar-refractivity contribution < 1.29 is 13.2 Å². The van der Waals surface area contributed by atoms with Gasteiger partial charge in [-0.25, -0.2) is 8.42 Å². The van der Waals surface area contributed by atoms with Crippen LogP contribution in [0.15, 0.2) is 35.2 Å². The molecule has 5 nitrogen and oxygen atoms in total. The highest BCUT2D eigenvalue weighted by molar-refractivity contribution is 7.89. The summed E-state index contributed by atoms with van der Waals surface area (Å²) < 4.78 is 33.7. The standard InChI is InChI=1S/C22H30N2O3S/c1-16-6-8-20(9-7-16)15-23-10-12-24(13-11-23)28(25,26)22-17(2)14-21(27-5)18(3)19(22)4/h6-9,14H,10-13,15H2,1-5H3. The molecule has 1 fully saturated rings. The molecule has 0 spiro atoms. The number of hydrogen-bond acceptors (Lipinski definition) is 4. The molecule has 1 saturated heterocycles. The molecule has 152 valence electrons. The lowest BCUT2D eigenvalue weighted by Gasteiger charge is -2.34. The van der Waals surface area contributed by atoms with Crippen molar-refractivity contribution in [3.05, 3.63) is 58.1 Å². The summed E-state index contributed by atoms with van der Waals surface area (Å²) in [5, 5.41) is 0.